The maximum absolute atomic E-state index is 10.9. The molecule has 14 heavy (non-hydrogen) atoms. The molecule has 6 nitrogen and oxygen atoms in total. The molecule has 2 fully saturated rings. The van der Waals surface area contributed by atoms with Crippen LogP contribution < -0.4 is 0 Å². The molecule has 2 heterocycles. The van der Waals surface area contributed by atoms with Crippen LogP contribution in [0.3, 0.4) is 0 Å². The van der Waals surface area contributed by atoms with Crippen molar-refractivity contribution in [1.82, 2.24) is 0 Å². The maximum atomic E-state index is 10.9. The Balaban J connectivity index is 2.00. The van der Waals surface area contributed by atoms with Crippen molar-refractivity contribution in [1.29, 1.82) is 0 Å². The van der Waals surface area contributed by atoms with Crippen molar-refractivity contribution in [2.45, 2.75) is 0 Å². The molecule has 2 aliphatic heterocycles. The van der Waals surface area contributed by atoms with Crippen molar-refractivity contribution >= 4 is 12.1 Å². The van der Waals surface area contributed by atoms with Crippen molar-refractivity contribution < 1.29 is 28.5 Å². The fraction of sp³-hybridized carbons (Fsp3) is 0.750. The number of carbonyl (C=O) groups excluding carboxylic acids is 2. The van der Waals surface area contributed by atoms with Gasteiger partial charge in [-0.2, -0.15) is 0 Å². The Bertz CT molecular complexity index is 251. The summed E-state index contributed by atoms with van der Waals surface area (Å²) in [4.78, 5) is 21.5. The van der Waals surface area contributed by atoms with E-state index in [1.807, 2.05) is 0 Å². The highest BCUT2D eigenvalue weighted by Gasteiger charge is 2.41. The van der Waals surface area contributed by atoms with Crippen LogP contribution >= 0.6 is 0 Å². The zero-order chi connectivity index (χ0) is 10.0. The van der Waals surface area contributed by atoms with Gasteiger partial charge < -0.3 is 18.9 Å². The average molecular weight is 202 g/mol. The molecule has 2 saturated heterocycles. The van der Waals surface area contributed by atoms with Crippen molar-refractivity contribution in [3.63, 3.8) is 0 Å². The topological polar surface area (TPSA) is 71.1 Å². The normalized spacial score (nSPS) is 26.0. The molecule has 0 N–H and O–H groups in total. The molecule has 6 heteroatoms. The second-order valence-electron chi connectivity index (χ2n) is 3.48. The SMILES string of the molecule is O=C1COCC2(CO1)COC(=O)OC2. The van der Waals surface area contributed by atoms with Crippen LogP contribution in [0.15, 0.2) is 0 Å². The van der Waals surface area contributed by atoms with Crippen molar-refractivity contribution in [2.24, 2.45) is 5.41 Å². The molecule has 0 radical (unpaired) electrons. The molecule has 1 spiro atoms. The lowest BCUT2D eigenvalue weighted by molar-refractivity contribution is -0.148. The van der Waals surface area contributed by atoms with Gasteiger partial charge in [0.05, 0.1) is 12.0 Å². The summed E-state index contributed by atoms with van der Waals surface area (Å²) in [5.41, 5.74) is -0.528. The zero-order valence-electron chi connectivity index (χ0n) is 7.49. The van der Waals surface area contributed by atoms with Crippen LogP contribution in [0.1, 0.15) is 0 Å². The molecule has 0 atom stereocenters. The highest BCUT2D eigenvalue weighted by Crippen LogP contribution is 2.25. The third-order valence-electron chi connectivity index (χ3n) is 2.16. The maximum Gasteiger partial charge on any atom is 0.508 e. The summed E-state index contributed by atoms with van der Waals surface area (Å²) in [6.07, 6.45) is -0.689. The van der Waals surface area contributed by atoms with E-state index in [4.69, 9.17) is 18.9 Å². The molecule has 0 bridgehead atoms. The first kappa shape index (κ1) is 9.26. The Labute approximate surface area is 80.1 Å². The van der Waals surface area contributed by atoms with Gasteiger partial charge in [-0.1, -0.05) is 0 Å². The van der Waals surface area contributed by atoms with Gasteiger partial charge in [0.1, 0.15) is 26.4 Å². The van der Waals surface area contributed by atoms with Gasteiger partial charge in [0.2, 0.25) is 0 Å². The predicted molar refractivity (Wildman–Crippen MR) is 41.5 cm³/mol. The van der Waals surface area contributed by atoms with Crippen LogP contribution in [-0.2, 0) is 23.7 Å². The van der Waals surface area contributed by atoms with Gasteiger partial charge >= 0.3 is 12.1 Å². The summed E-state index contributed by atoms with van der Waals surface area (Å²) in [7, 11) is 0. The Morgan fingerprint density at radius 3 is 2.29 bits per heavy atom. The summed E-state index contributed by atoms with van der Waals surface area (Å²) in [5, 5.41) is 0. The van der Waals surface area contributed by atoms with Gasteiger partial charge in [-0.15, -0.1) is 0 Å². The first-order chi connectivity index (χ1) is 6.70. The van der Waals surface area contributed by atoms with Crippen LogP contribution in [0.4, 0.5) is 4.79 Å². The minimum absolute atomic E-state index is 0.0598. The van der Waals surface area contributed by atoms with Gasteiger partial charge in [0, 0.05) is 0 Å². The minimum Gasteiger partial charge on any atom is -0.463 e. The second-order valence-corrected chi connectivity index (χ2v) is 3.48. The Morgan fingerprint density at radius 2 is 1.57 bits per heavy atom. The summed E-state index contributed by atoms with van der Waals surface area (Å²) >= 11 is 0. The molecule has 2 rings (SSSR count). The van der Waals surface area contributed by atoms with Crippen LogP contribution in [0.2, 0.25) is 0 Å². The molecule has 0 unspecified atom stereocenters. The van der Waals surface area contributed by atoms with E-state index in [9.17, 15) is 9.59 Å². The molecule has 0 saturated carbocycles. The highest BCUT2D eigenvalue weighted by atomic mass is 16.7. The molecule has 0 aromatic rings. The van der Waals surface area contributed by atoms with Crippen LogP contribution in [0.5, 0.6) is 0 Å². The summed E-state index contributed by atoms with van der Waals surface area (Å²) < 4.78 is 19.4. The lowest BCUT2D eigenvalue weighted by Crippen LogP contribution is -2.45. The molecule has 78 valence electrons. The van der Waals surface area contributed by atoms with Gasteiger partial charge in [-0.25, -0.2) is 9.59 Å². The standard InChI is InChI=1S/C8H10O6/c9-6-1-11-2-8(3-12-6)4-13-7(10)14-5-8/h1-5H2. The van der Waals surface area contributed by atoms with E-state index in [0.29, 0.717) is 6.61 Å². The minimum atomic E-state index is -0.689. The average Bonchev–Trinajstić information content (AvgIpc) is 2.36. The quantitative estimate of drug-likeness (QED) is 0.503. The molecule has 2 aliphatic rings. The van der Waals surface area contributed by atoms with E-state index in [1.54, 1.807) is 0 Å². The van der Waals surface area contributed by atoms with Crippen molar-refractivity contribution in [3.8, 4) is 0 Å². The molecule has 0 aliphatic carbocycles. The summed E-state index contributed by atoms with van der Waals surface area (Å²) in [6.45, 7) is 0.735. The third-order valence-corrected chi connectivity index (χ3v) is 2.16. The smallest absolute Gasteiger partial charge is 0.463 e. The number of rotatable bonds is 0. The third kappa shape index (κ3) is 1.79. The molecular formula is C8H10O6. The summed E-state index contributed by atoms with van der Waals surface area (Å²) in [5.74, 6) is -0.404. The lowest BCUT2D eigenvalue weighted by atomic mass is 9.92. The van der Waals surface area contributed by atoms with Gasteiger partial charge in [0.15, 0.2) is 0 Å². The number of ether oxygens (including phenoxy) is 4. The fourth-order valence-electron chi connectivity index (χ4n) is 1.34. The number of cyclic esters (lactones) is 3. The first-order valence-corrected chi connectivity index (χ1v) is 4.23. The number of esters is 1. The highest BCUT2D eigenvalue weighted by molar-refractivity contribution is 5.71. The first-order valence-electron chi connectivity index (χ1n) is 4.23. The fourth-order valence-corrected chi connectivity index (χ4v) is 1.34. The second kappa shape index (κ2) is 3.45. The van der Waals surface area contributed by atoms with E-state index in [-0.39, 0.29) is 26.4 Å². The number of hydrogen-bond acceptors (Lipinski definition) is 6. The lowest BCUT2D eigenvalue weighted by Gasteiger charge is -2.32. The van der Waals surface area contributed by atoms with Crippen LogP contribution in [-0.4, -0.2) is 45.2 Å². The van der Waals surface area contributed by atoms with Crippen molar-refractivity contribution in [2.75, 3.05) is 33.0 Å². The van der Waals surface area contributed by atoms with Crippen LogP contribution in [0.25, 0.3) is 0 Å². The predicted octanol–water partition coefficient (Wildman–Crippen LogP) is -0.287. The van der Waals surface area contributed by atoms with Gasteiger partial charge in [-0.05, 0) is 0 Å². The molecular weight excluding hydrogens is 192 g/mol. The number of hydrogen-bond donors (Lipinski definition) is 0. The molecule has 0 aromatic heterocycles. The van der Waals surface area contributed by atoms with Crippen LogP contribution in [0, 0.1) is 5.41 Å². The Kier molecular flexibility index (Phi) is 2.28. The monoisotopic (exact) mass is 202 g/mol. The Hall–Kier alpha value is -1.30. The van der Waals surface area contributed by atoms with E-state index >= 15 is 0 Å². The van der Waals surface area contributed by atoms with E-state index in [2.05, 4.69) is 0 Å². The van der Waals surface area contributed by atoms with E-state index in [1.165, 1.54) is 0 Å². The molecule has 0 amide bonds. The Morgan fingerprint density at radius 1 is 0.929 bits per heavy atom. The number of carbonyl (C=O) groups is 2. The zero-order valence-corrected chi connectivity index (χ0v) is 7.49. The summed E-state index contributed by atoms with van der Waals surface area (Å²) in [6, 6.07) is 0. The van der Waals surface area contributed by atoms with E-state index < -0.39 is 17.5 Å². The van der Waals surface area contributed by atoms with Crippen molar-refractivity contribution in [3.05, 3.63) is 0 Å². The van der Waals surface area contributed by atoms with E-state index in [0.717, 1.165) is 0 Å². The van der Waals surface area contributed by atoms with Gasteiger partial charge in [0.25, 0.3) is 0 Å². The molecule has 0 aromatic carbocycles. The van der Waals surface area contributed by atoms with Gasteiger partial charge in [-0.3, -0.25) is 0 Å². The largest absolute Gasteiger partial charge is 0.508 e.